The third-order valence-corrected chi connectivity index (χ3v) is 2.33. The molecule has 2 heteroatoms. The van der Waals surface area contributed by atoms with Crippen LogP contribution in [0.1, 0.15) is 51.9 Å². The first kappa shape index (κ1) is 13.5. The minimum absolute atomic E-state index is 0.269. The normalized spacial score (nSPS) is 14.7. The Balaban J connectivity index is 3.34. The Hall–Kier alpha value is -0.520. The molecule has 0 bridgehead atoms. The maximum atomic E-state index is 9.53. The summed E-state index contributed by atoms with van der Waals surface area (Å²) in [4.78, 5) is 0. The van der Waals surface area contributed by atoms with E-state index in [2.05, 4.69) is 12.8 Å². The van der Waals surface area contributed by atoms with Gasteiger partial charge in [0.1, 0.15) is 0 Å². The number of aliphatic hydroxyl groups is 2. The second-order valence-corrected chi connectivity index (χ2v) is 3.79. The minimum Gasteiger partial charge on any atom is -0.393 e. The molecule has 0 radical (unpaired) electrons. The minimum atomic E-state index is -0.444. The summed E-state index contributed by atoms with van der Waals surface area (Å²) in [5.41, 5.74) is 0. The Morgan fingerprint density at radius 3 is 2.29 bits per heavy atom. The molecule has 0 aromatic rings. The zero-order valence-corrected chi connectivity index (χ0v) is 9.08. The van der Waals surface area contributed by atoms with E-state index in [-0.39, 0.29) is 6.10 Å². The Morgan fingerprint density at radius 2 is 1.71 bits per heavy atom. The quantitative estimate of drug-likeness (QED) is 0.463. The van der Waals surface area contributed by atoms with Crippen LogP contribution in [0.5, 0.6) is 0 Å². The Morgan fingerprint density at radius 1 is 1.07 bits per heavy atom. The molecule has 0 rings (SSSR count). The highest BCUT2D eigenvalue weighted by Gasteiger charge is 2.07. The molecular formula is C12H22O2. The van der Waals surface area contributed by atoms with E-state index < -0.39 is 6.10 Å². The molecular weight excluding hydrogens is 176 g/mol. The van der Waals surface area contributed by atoms with Crippen LogP contribution in [0.4, 0.5) is 0 Å². The summed E-state index contributed by atoms with van der Waals surface area (Å²) >= 11 is 0. The van der Waals surface area contributed by atoms with E-state index in [4.69, 9.17) is 6.42 Å². The number of terminal acetylenes is 1. The molecule has 0 amide bonds. The largest absolute Gasteiger partial charge is 0.393 e. The lowest BCUT2D eigenvalue weighted by Crippen LogP contribution is -2.12. The SMILES string of the molecule is C#CCC(O)CCC(O)CCCCC. The van der Waals surface area contributed by atoms with E-state index in [1.807, 2.05) is 0 Å². The molecule has 2 N–H and O–H groups in total. The van der Waals surface area contributed by atoms with Crippen LogP contribution < -0.4 is 0 Å². The highest BCUT2D eigenvalue weighted by molar-refractivity contribution is 4.86. The van der Waals surface area contributed by atoms with Crippen LogP contribution in [0.15, 0.2) is 0 Å². The topological polar surface area (TPSA) is 40.5 Å². The number of rotatable bonds is 8. The van der Waals surface area contributed by atoms with Crippen LogP contribution in [0.25, 0.3) is 0 Å². The van der Waals surface area contributed by atoms with Gasteiger partial charge in [0.15, 0.2) is 0 Å². The average Bonchev–Trinajstić information content (AvgIpc) is 2.16. The van der Waals surface area contributed by atoms with Gasteiger partial charge in [0, 0.05) is 6.42 Å². The van der Waals surface area contributed by atoms with Crippen molar-refractivity contribution in [3.05, 3.63) is 0 Å². The van der Waals surface area contributed by atoms with Crippen molar-refractivity contribution >= 4 is 0 Å². The van der Waals surface area contributed by atoms with Crippen molar-refractivity contribution in [3.63, 3.8) is 0 Å². The first-order valence-electron chi connectivity index (χ1n) is 5.50. The predicted molar refractivity (Wildman–Crippen MR) is 58.8 cm³/mol. The van der Waals surface area contributed by atoms with Crippen molar-refractivity contribution < 1.29 is 10.2 Å². The second-order valence-electron chi connectivity index (χ2n) is 3.79. The molecule has 14 heavy (non-hydrogen) atoms. The maximum Gasteiger partial charge on any atom is 0.0650 e. The van der Waals surface area contributed by atoms with E-state index in [1.165, 1.54) is 12.8 Å². The highest BCUT2D eigenvalue weighted by atomic mass is 16.3. The van der Waals surface area contributed by atoms with Gasteiger partial charge in [0.2, 0.25) is 0 Å². The number of unbranched alkanes of at least 4 members (excludes halogenated alkanes) is 2. The van der Waals surface area contributed by atoms with E-state index in [1.54, 1.807) is 0 Å². The van der Waals surface area contributed by atoms with Gasteiger partial charge in [-0.1, -0.05) is 26.2 Å². The monoisotopic (exact) mass is 198 g/mol. The lowest BCUT2D eigenvalue weighted by Gasteiger charge is -2.12. The highest BCUT2D eigenvalue weighted by Crippen LogP contribution is 2.10. The molecule has 0 heterocycles. The van der Waals surface area contributed by atoms with Gasteiger partial charge in [0.05, 0.1) is 12.2 Å². The smallest absolute Gasteiger partial charge is 0.0650 e. The fourth-order valence-corrected chi connectivity index (χ4v) is 1.40. The molecule has 82 valence electrons. The second kappa shape index (κ2) is 9.05. The molecule has 0 aromatic heterocycles. The number of hydrogen-bond acceptors (Lipinski definition) is 2. The van der Waals surface area contributed by atoms with Gasteiger partial charge in [-0.25, -0.2) is 0 Å². The predicted octanol–water partition coefficient (Wildman–Crippen LogP) is 2.09. The molecule has 2 unspecified atom stereocenters. The summed E-state index contributed by atoms with van der Waals surface area (Å²) < 4.78 is 0. The van der Waals surface area contributed by atoms with Gasteiger partial charge < -0.3 is 10.2 Å². The zero-order valence-electron chi connectivity index (χ0n) is 9.08. The van der Waals surface area contributed by atoms with Crippen LogP contribution in [0.3, 0.4) is 0 Å². The molecule has 0 spiro atoms. The van der Waals surface area contributed by atoms with Crippen molar-refractivity contribution in [1.29, 1.82) is 0 Å². The molecule has 0 aliphatic heterocycles. The fourth-order valence-electron chi connectivity index (χ4n) is 1.40. The first-order chi connectivity index (χ1) is 6.70. The standard InChI is InChI=1S/C12H22O2/c1-3-5-6-8-12(14)10-9-11(13)7-4-2/h2,11-14H,3,5-10H2,1H3. The molecule has 0 saturated carbocycles. The van der Waals surface area contributed by atoms with Gasteiger partial charge in [-0.05, 0) is 19.3 Å². The molecule has 0 aliphatic rings. The van der Waals surface area contributed by atoms with Crippen LogP contribution >= 0.6 is 0 Å². The Labute approximate surface area is 87.3 Å². The summed E-state index contributed by atoms with van der Waals surface area (Å²) in [6.07, 6.45) is 10.3. The van der Waals surface area contributed by atoms with Crippen molar-refractivity contribution in [2.45, 2.75) is 64.1 Å². The van der Waals surface area contributed by atoms with Crippen molar-refractivity contribution in [1.82, 2.24) is 0 Å². The lowest BCUT2D eigenvalue weighted by atomic mass is 10.0. The third-order valence-electron chi connectivity index (χ3n) is 2.33. The molecule has 2 atom stereocenters. The van der Waals surface area contributed by atoms with E-state index in [0.717, 1.165) is 12.8 Å². The van der Waals surface area contributed by atoms with Crippen LogP contribution in [-0.4, -0.2) is 22.4 Å². The lowest BCUT2D eigenvalue weighted by molar-refractivity contribution is 0.109. The van der Waals surface area contributed by atoms with Gasteiger partial charge in [-0.3, -0.25) is 0 Å². The average molecular weight is 198 g/mol. The van der Waals surface area contributed by atoms with Gasteiger partial charge in [-0.2, -0.15) is 0 Å². The summed E-state index contributed by atoms with van der Waals surface area (Å²) in [7, 11) is 0. The van der Waals surface area contributed by atoms with Crippen molar-refractivity contribution in [2.24, 2.45) is 0 Å². The molecule has 2 nitrogen and oxygen atoms in total. The number of hydrogen-bond donors (Lipinski definition) is 2. The Kier molecular flexibility index (Phi) is 8.72. The maximum absolute atomic E-state index is 9.53. The van der Waals surface area contributed by atoms with Gasteiger partial charge in [-0.15, -0.1) is 12.3 Å². The van der Waals surface area contributed by atoms with Crippen LogP contribution in [-0.2, 0) is 0 Å². The van der Waals surface area contributed by atoms with Crippen LogP contribution in [0, 0.1) is 12.3 Å². The van der Waals surface area contributed by atoms with E-state index in [0.29, 0.717) is 19.3 Å². The summed E-state index contributed by atoms with van der Waals surface area (Å²) in [5, 5.41) is 18.8. The van der Waals surface area contributed by atoms with Crippen molar-refractivity contribution in [2.75, 3.05) is 0 Å². The fraction of sp³-hybridized carbons (Fsp3) is 0.833. The summed E-state index contributed by atoms with van der Waals surface area (Å²) in [5.74, 6) is 2.41. The van der Waals surface area contributed by atoms with E-state index >= 15 is 0 Å². The van der Waals surface area contributed by atoms with Gasteiger partial charge >= 0.3 is 0 Å². The first-order valence-corrected chi connectivity index (χ1v) is 5.50. The van der Waals surface area contributed by atoms with E-state index in [9.17, 15) is 10.2 Å². The van der Waals surface area contributed by atoms with Crippen molar-refractivity contribution in [3.8, 4) is 12.3 Å². The molecule has 0 saturated heterocycles. The molecule has 0 aromatic carbocycles. The summed E-state index contributed by atoms with van der Waals surface area (Å²) in [6.45, 7) is 2.14. The third kappa shape index (κ3) is 8.10. The zero-order chi connectivity index (χ0) is 10.8. The summed E-state index contributed by atoms with van der Waals surface area (Å²) in [6, 6.07) is 0. The Bertz CT molecular complexity index is 160. The van der Waals surface area contributed by atoms with Gasteiger partial charge in [0.25, 0.3) is 0 Å². The molecule has 0 aliphatic carbocycles. The number of aliphatic hydroxyl groups excluding tert-OH is 2. The molecule has 0 fully saturated rings. The van der Waals surface area contributed by atoms with Crippen LogP contribution in [0.2, 0.25) is 0 Å².